The summed E-state index contributed by atoms with van der Waals surface area (Å²) in [5.41, 5.74) is 9.73. The van der Waals surface area contributed by atoms with Crippen molar-refractivity contribution in [2.24, 2.45) is 0 Å². The van der Waals surface area contributed by atoms with E-state index in [0.29, 0.717) is 36.0 Å². The van der Waals surface area contributed by atoms with Crippen molar-refractivity contribution < 1.29 is 9.53 Å². The SMILES string of the molecule is Nc1nccn2c(C3CCOCC3)nc(C3=CC=C(C(=O)Nc4ccccn4)CC3)c12. The highest BCUT2D eigenvalue weighted by Crippen LogP contribution is 2.35. The lowest BCUT2D eigenvalue weighted by Gasteiger charge is -2.20. The van der Waals surface area contributed by atoms with Gasteiger partial charge in [-0.25, -0.2) is 15.0 Å². The first kappa shape index (κ1) is 19.4. The lowest BCUT2D eigenvalue weighted by molar-refractivity contribution is -0.113. The maximum absolute atomic E-state index is 12.6. The monoisotopic (exact) mass is 416 g/mol. The molecule has 0 atom stereocenters. The Morgan fingerprint density at radius 3 is 2.74 bits per heavy atom. The van der Waals surface area contributed by atoms with E-state index in [0.717, 1.165) is 48.7 Å². The molecular weight excluding hydrogens is 392 g/mol. The highest BCUT2D eigenvalue weighted by Gasteiger charge is 2.26. The van der Waals surface area contributed by atoms with Crippen LogP contribution in [0.2, 0.25) is 0 Å². The van der Waals surface area contributed by atoms with Gasteiger partial charge in [0.15, 0.2) is 0 Å². The number of carbonyl (C=O) groups excluding carboxylic acids is 1. The summed E-state index contributed by atoms with van der Waals surface area (Å²) in [5.74, 6) is 2.21. The molecule has 158 valence electrons. The second kappa shape index (κ2) is 8.31. The van der Waals surface area contributed by atoms with E-state index in [2.05, 4.69) is 19.7 Å². The molecule has 3 aromatic rings. The van der Waals surface area contributed by atoms with Crippen LogP contribution >= 0.6 is 0 Å². The predicted molar refractivity (Wildman–Crippen MR) is 118 cm³/mol. The molecule has 31 heavy (non-hydrogen) atoms. The molecule has 1 aliphatic heterocycles. The first-order chi connectivity index (χ1) is 15.2. The second-order valence-corrected chi connectivity index (χ2v) is 7.79. The smallest absolute Gasteiger partial charge is 0.252 e. The fourth-order valence-electron chi connectivity index (χ4n) is 4.21. The Hall–Kier alpha value is -3.52. The van der Waals surface area contributed by atoms with Crippen LogP contribution < -0.4 is 11.1 Å². The number of hydrogen-bond acceptors (Lipinski definition) is 6. The summed E-state index contributed by atoms with van der Waals surface area (Å²) < 4.78 is 7.59. The number of anilines is 2. The molecule has 1 aliphatic carbocycles. The molecule has 0 spiro atoms. The van der Waals surface area contributed by atoms with Gasteiger partial charge in [-0.2, -0.15) is 0 Å². The van der Waals surface area contributed by atoms with E-state index < -0.39 is 0 Å². The van der Waals surface area contributed by atoms with Gasteiger partial charge in [0.1, 0.15) is 23.0 Å². The topological polar surface area (TPSA) is 107 Å². The Labute approximate surface area is 179 Å². The van der Waals surface area contributed by atoms with Gasteiger partial charge in [0, 0.05) is 43.3 Å². The third-order valence-corrected chi connectivity index (χ3v) is 5.85. The maximum Gasteiger partial charge on any atom is 0.252 e. The molecule has 0 radical (unpaired) electrons. The Morgan fingerprint density at radius 1 is 1.13 bits per heavy atom. The van der Waals surface area contributed by atoms with Crippen LogP contribution in [0, 0.1) is 0 Å². The standard InChI is InChI=1S/C23H24N6O2/c24-21-20-19(28-22(29(20)12-11-26-21)16-8-13-31-14-9-16)15-4-6-17(7-5-15)23(30)27-18-3-1-2-10-25-18/h1-4,6,10-12,16H,5,7-9,13-14H2,(H2,24,26)(H,25,27,30). The highest BCUT2D eigenvalue weighted by molar-refractivity contribution is 6.04. The fourth-order valence-corrected chi connectivity index (χ4v) is 4.21. The van der Waals surface area contributed by atoms with Gasteiger partial charge in [-0.15, -0.1) is 0 Å². The van der Waals surface area contributed by atoms with E-state index in [4.69, 9.17) is 15.5 Å². The molecule has 1 saturated heterocycles. The number of hydrogen-bond donors (Lipinski definition) is 2. The third-order valence-electron chi connectivity index (χ3n) is 5.85. The summed E-state index contributed by atoms with van der Waals surface area (Å²) in [5, 5.41) is 2.84. The van der Waals surface area contributed by atoms with Crippen LogP contribution in [0.3, 0.4) is 0 Å². The van der Waals surface area contributed by atoms with Gasteiger partial charge in [-0.05, 0) is 43.4 Å². The molecule has 8 nitrogen and oxygen atoms in total. The minimum atomic E-state index is -0.132. The summed E-state index contributed by atoms with van der Waals surface area (Å²) in [6.07, 6.45) is 12.3. The van der Waals surface area contributed by atoms with Gasteiger partial charge in [-0.1, -0.05) is 18.2 Å². The molecule has 0 unspecified atom stereocenters. The Balaban J connectivity index is 1.46. The Morgan fingerprint density at radius 2 is 2.00 bits per heavy atom. The zero-order valence-corrected chi connectivity index (χ0v) is 17.1. The zero-order valence-electron chi connectivity index (χ0n) is 17.1. The molecule has 1 fully saturated rings. The van der Waals surface area contributed by atoms with Gasteiger partial charge in [0.05, 0.1) is 5.69 Å². The number of aromatic nitrogens is 4. The lowest BCUT2D eigenvalue weighted by atomic mass is 9.95. The number of fused-ring (bicyclic) bond motifs is 1. The average molecular weight is 416 g/mol. The highest BCUT2D eigenvalue weighted by atomic mass is 16.5. The van der Waals surface area contributed by atoms with Crippen LogP contribution in [0.1, 0.15) is 43.1 Å². The predicted octanol–water partition coefficient (Wildman–Crippen LogP) is 3.34. The van der Waals surface area contributed by atoms with Crippen LogP contribution in [0.25, 0.3) is 11.1 Å². The van der Waals surface area contributed by atoms with Crippen molar-refractivity contribution in [3.63, 3.8) is 0 Å². The number of amides is 1. The van der Waals surface area contributed by atoms with Crippen molar-refractivity contribution in [3.05, 3.63) is 66.0 Å². The number of nitrogens with one attached hydrogen (secondary N) is 1. The van der Waals surface area contributed by atoms with E-state index in [-0.39, 0.29) is 5.91 Å². The van der Waals surface area contributed by atoms with E-state index in [1.54, 1.807) is 18.5 Å². The minimum absolute atomic E-state index is 0.132. The van der Waals surface area contributed by atoms with E-state index in [1.807, 2.05) is 30.5 Å². The summed E-state index contributed by atoms with van der Waals surface area (Å²) in [7, 11) is 0. The Kier molecular flexibility index (Phi) is 5.21. The van der Waals surface area contributed by atoms with Gasteiger partial charge in [0.2, 0.25) is 0 Å². The van der Waals surface area contributed by atoms with Crippen LogP contribution in [-0.2, 0) is 9.53 Å². The molecule has 1 amide bonds. The molecule has 8 heteroatoms. The van der Waals surface area contributed by atoms with Gasteiger partial charge in [-0.3, -0.25) is 9.20 Å². The molecule has 2 aliphatic rings. The number of ether oxygens (including phenoxy) is 1. The number of allylic oxidation sites excluding steroid dienone is 3. The molecule has 4 heterocycles. The maximum atomic E-state index is 12.6. The molecule has 5 rings (SSSR count). The van der Waals surface area contributed by atoms with Gasteiger partial charge < -0.3 is 15.8 Å². The van der Waals surface area contributed by atoms with Crippen molar-refractivity contribution in [1.29, 1.82) is 0 Å². The quantitative estimate of drug-likeness (QED) is 0.675. The van der Waals surface area contributed by atoms with Crippen LogP contribution in [-0.4, -0.2) is 38.5 Å². The second-order valence-electron chi connectivity index (χ2n) is 7.79. The number of nitrogen functional groups attached to an aromatic ring is 1. The van der Waals surface area contributed by atoms with Crippen molar-refractivity contribution >= 4 is 28.6 Å². The average Bonchev–Trinajstić information content (AvgIpc) is 3.21. The minimum Gasteiger partial charge on any atom is -0.382 e. The molecular formula is C23H24N6O2. The number of rotatable bonds is 4. The van der Waals surface area contributed by atoms with Crippen LogP contribution in [0.5, 0.6) is 0 Å². The van der Waals surface area contributed by atoms with Crippen LogP contribution in [0.4, 0.5) is 11.6 Å². The van der Waals surface area contributed by atoms with E-state index >= 15 is 0 Å². The Bertz CT molecular complexity index is 1180. The molecule has 3 N–H and O–H groups in total. The summed E-state index contributed by atoms with van der Waals surface area (Å²) in [4.78, 5) is 26.0. The third kappa shape index (κ3) is 3.82. The van der Waals surface area contributed by atoms with E-state index in [1.165, 1.54) is 0 Å². The first-order valence-corrected chi connectivity index (χ1v) is 10.5. The molecule has 3 aromatic heterocycles. The summed E-state index contributed by atoms with van der Waals surface area (Å²) in [6.45, 7) is 1.49. The molecule has 0 bridgehead atoms. The lowest BCUT2D eigenvalue weighted by Crippen LogP contribution is -2.16. The summed E-state index contributed by atoms with van der Waals surface area (Å²) >= 11 is 0. The number of imidazole rings is 1. The van der Waals surface area contributed by atoms with Crippen molar-refractivity contribution in [2.75, 3.05) is 24.3 Å². The van der Waals surface area contributed by atoms with Crippen molar-refractivity contribution in [3.8, 4) is 0 Å². The normalized spacial score (nSPS) is 17.3. The number of nitrogens with zero attached hydrogens (tertiary/aromatic N) is 4. The van der Waals surface area contributed by atoms with Crippen molar-refractivity contribution in [2.45, 2.75) is 31.6 Å². The number of nitrogens with two attached hydrogens (primary N) is 1. The number of carbonyl (C=O) groups is 1. The largest absolute Gasteiger partial charge is 0.382 e. The van der Waals surface area contributed by atoms with E-state index in [9.17, 15) is 4.79 Å². The number of pyridine rings is 1. The van der Waals surface area contributed by atoms with Crippen LogP contribution in [0.15, 0.2) is 54.5 Å². The molecule has 0 saturated carbocycles. The first-order valence-electron chi connectivity index (χ1n) is 10.5. The zero-order chi connectivity index (χ0) is 21.2. The summed E-state index contributed by atoms with van der Waals surface area (Å²) in [6, 6.07) is 5.43. The van der Waals surface area contributed by atoms with Gasteiger partial charge in [0.25, 0.3) is 5.91 Å². The fraction of sp³-hybridized carbons (Fsp3) is 0.304. The van der Waals surface area contributed by atoms with Crippen molar-refractivity contribution in [1.82, 2.24) is 19.4 Å². The van der Waals surface area contributed by atoms with Gasteiger partial charge >= 0.3 is 0 Å². The molecule has 0 aromatic carbocycles.